The molecular formula is C24H18IN3OS2. The SMILES string of the molecule is ICCCOc1cccc(-c2cnc3nc(-c4cccs4)c(-c4cccs4)nc3c2)c1. The maximum Gasteiger partial charge on any atom is 0.178 e. The van der Waals surface area contributed by atoms with Crippen molar-refractivity contribution in [2.24, 2.45) is 0 Å². The number of nitrogens with zero attached hydrogens (tertiary/aromatic N) is 3. The van der Waals surface area contributed by atoms with Gasteiger partial charge in [0.25, 0.3) is 0 Å². The predicted octanol–water partition coefficient (Wildman–Crippen LogP) is 7.35. The molecule has 0 aliphatic carbocycles. The van der Waals surface area contributed by atoms with Crippen molar-refractivity contribution >= 4 is 56.4 Å². The zero-order chi connectivity index (χ0) is 21.0. The van der Waals surface area contributed by atoms with Crippen LogP contribution in [0.25, 0.3) is 43.4 Å². The van der Waals surface area contributed by atoms with Gasteiger partial charge in [0.2, 0.25) is 0 Å². The van der Waals surface area contributed by atoms with E-state index >= 15 is 0 Å². The van der Waals surface area contributed by atoms with Crippen molar-refractivity contribution in [2.45, 2.75) is 6.42 Å². The molecule has 0 aliphatic rings. The molecule has 0 N–H and O–H groups in total. The van der Waals surface area contributed by atoms with E-state index in [1.54, 1.807) is 22.7 Å². The molecular weight excluding hydrogens is 537 g/mol. The van der Waals surface area contributed by atoms with Crippen molar-refractivity contribution in [3.63, 3.8) is 0 Å². The highest BCUT2D eigenvalue weighted by molar-refractivity contribution is 14.1. The molecule has 0 radical (unpaired) electrons. The monoisotopic (exact) mass is 555 g/mol. The number of fused-ring (bicyclic) bond motifs is 1. The third kappa shape index (κ3) is 4.49. The summed E-state index contributed by atoms with van der Waals surface area (Å²) in [5, 5.41) is 4.13. The Morgan fingerprint density at radius 1 is 0.839 bits per heavy atom. The van der Waals surface area contributed by atoms with E-state index < -0.39 is 0 Å². The Kier molecular flexibility index (Phi) is 6.24. The lowest BCUT2D eigenvalue weighted by Gasteiger charge is -2.10. The van der Waals surface area contributed by atoms with Crippen LogP contribution >= 0.6 is 45.3 Å². The van der Waals surface area contributed by atoms with Crippen LogP contribution in [0, 0.1) is 0 Å². The molecule has 0 fully saturated rings. The zero-order valence-corrected chi connectivity index (χ0v) is 20.3. The molecule has 0 spiro atoms. The van der Waals surface area contributed by atoms with Crippen molar-refractivity contribution in [3.8, 4) is 38.0 Å². The van der Waals surface area contributed by atoms with Crippen LogP contribution in [-0.4, -0.2) is 26.0 Å². The Hall–Kier alpha value is -2.36. The number of aromatic nitrogens is 3. The Labute approximate surface area is 202 Å². The number of hydrogen-bond acceptors (Lipinski definition) is 6. The third-order valence-corrected chi connectivity index (χ3v) is 7.26. The van der Waals surface area contributed by atoms with Crippen LogP contribution in [0.15, 0.2) is 71.6 Å². The summed E-state index contributed by atoms with van der Waals surface area (Å²) in [7, 11) is 0. The quantitative estimate of drug-likeness (QED) is 0.120. The summed E-state index contributed by atoms with van der Waals surface area (Å²) in [5.74, 6) is 0.876. The molecule has 5 aromatic rings. The fraction of sp³-hybridized carbons (Fsp3) is 0.125. The summed E-state index contributed by atoms with van der Waals surface area (Å²) in [4.78, 5) is 16.7. The fourth-order valence-electron chi connectivity index (χ4n) is 3.28. The van der Waals surface area contributed by atoms with Crippen LogP contribution < -0.4 is 4.74 Å². The molecule has 0 atom stereocenters. The number of rotatable bonds is 7. The van der Waals surface area contributed by atoms with Gasteiger partial charge in [0.15, 0.2) is 5.65 Å². The Morgan fingerprint density at radius 2 is 1.61 bits per heavy atom. The lowest BCUT2D eigenvalue weighted by Crippen LogP contribution is -1.98. The van der Waals surface area contributed by atoms with Gasteiger partial charge in [-0.15, -0.1) is 22.7 Å². The average Bonchev–Trinajstić information content (AvgIpc) is 3.53. The smallest absolute Gasteiger partial charge is 0.178 e. The van der Waals surface area contributed by atoms with Crippen molar-refractivity contribution in [2.75, 3.05) is 11.0 Å². The van der Waals surface area contributed by atoms with E-state index in [-0.39, 0.29) is 0 Å². The van der Waals surface area contributed by atoms with E-state index in [1.165, 1.54) is 0 Å². The van der Waals surface area contributed by atoms with Gasteiger partial charge >= 0.3 is 0 Å². The number of benzene rings is 1. The molecule has 0 unspecified atom stereocenters. The minimum absolute atomic E-state index is 0.655. The summed E-state index contributed by atoms with van der Waals surface area (Å²) >= 11 is 5.70. The Morgan fingerprint density at radius 3 is 2.32 bits per heavy atom. The summed E-state index contributed by atoms with van der Waals surface area (Å²) in [5.41, 5.74) is 5.29. The zero-order valence-electron chi connectivity index (χ0n) is 16.5. The number of thiophene rings is 2. The van der Waals surface area contributed by atoms with Crippen molar-refractivity contribution < 1.29 is 4.74 Å². The molecule has 0 amide bonds. The minimum Gasteiger partial charge on any atom is -0.494 e. The first-order valence-corrected chi connectivity index (χ1v) is 13.1. The van der Waals surface area contributed by atoms with Crippen molar-refractivity contribution in [1.82, 2.24) is 15.0 Å². The van der Waals surface area contributed by atoms with Gasteiger partial charge in [-0.3, -0.25) is 0 Å². The highest BCUT2D eigenvalue weighted by Crippen LogP contribution is 2.36. The highest BCUT2D eigenvalue weighted by atomic mass is 127. The number of hydrogen-bond donors (Lipinski definition) is 0. The molecule has 4 aromatic heterocycles. The molecule has 31 heavy (non-hydrogen) atoms. The lowest BCUT2D eigenvalue weighted by molar-refractivity contribution is 0.319. The average molecular weight is 555 g/mol. The summed E-state index contributed by atoms with van der Waals surface area (Å²) in [6.45, 7) is 0.726. The van der Waals surface area contributed by atoms with E-state index in [2.05, 4.69) is 68.7 Å². The van der Waals surface area contributed by atoms with Crippen LogP contribution in [0.4, 0.5) is 0 Å². The van der Waals surface area contributed by atoms with Crippen LogP contribution in [0.2, 0.25) is 0 Å². The van der Waals surface area contributed by atoms with E-state index in [9.17, 15) is 0 Å². The highest BCUT2D eigenvalue weighted by Gasteiger charge is 2.16. The van der Waals surface area contributed by atoms with Crippen LogP contribution in [0.1, 0.15) is 6.42 Å². The van der Waals surface area contributed by atoms with Gasteiger partial charge in [0.05, 0.1) is 16.4 Å². The first-order chi connectivity index (χ1) is 15.3. The van der Waals surface area contributed by atoms with Gasteiger partial charge in [-0.1, -0.05) is 46.9 Å². The fourth-order valence-corrected chi connectivity index (χ4v) is 5.03. The summed E-state index contributed by atoms with van der Waals surface area (Å²) in [6.07, 6.45) is 2.90. The number of alkyl halides is 1. The van der Waals surface area contributed by atoms with Crippen molar-refractivity contribution in [3.05, 3.63) is 71.6 Å². The number of ether oxygens (including phenoxy) is 1. The molecule has 0 saturated carbocycles. The molecule has 0 saturated heterocycles. The van der Waals surface area contributed by atoms with Gasteiger partial charge < -0.3 is 4.74 Å². The van der Waals surface area contributed by atoms with Crippen LogP contribution in [0.5, 0.6) is 5.75 Å². The molecule has 154 valence electrons. The number of pyridine rings is 1. The second kappa shape index (κ2) is 9.42. The largest absolute Gasteiger partial charge is 0.494 e. The van der Waals surface area contributed by atoms with Crippen molar-refractivity contribution in [1.29, 1.82) is 0 Å². The molecule has 1 aromatic carbocycles. The third-order valence-electron chi connectivity index (χ3n) is 4.74. The topological polar surface area (TPSA) is 47.9 Å². The lowest BCUT2D eigenvalue weighted by atomic mass is 10.1. The van der Waals surface area contributed by atoms with E-state index in [4.69, 9.17) is 14.7 Å². The van der Waals surface area contributed by atoms with Gasteiger partial charge in [-0.25, -0.2) is 15.0 Å². The number of halogens is 1. The minimum atomic E-state index is 0.655. The summed E-state index contributed by atoms with van der Waals surface area (Å²) < 4.78 is 6.96. The summed E-state index contributed by atoms with van der Waals surface area (Å²) in [6, 6.07) is 18.5. The molecule has 7 heteroatoms. The maximum atomic E-state index is 5.87. The first-order valence-electron chi connectivity index (χ1n) is 9.86. The van der Waals surface area contributed by atoms with E-state index in [0.717, 1.165) is 61.0 Å². The molecule has 4 heterocycles. The second-order valence-corrected chi connectivity index (χ2v) is 9.84. The maximum absolute atomic E-state index is 5.87. The Balaban J connectivity index is 1.57. The van der Waals surface area contributed by atoms with E-state index in [1.807, 2.05) is 30.5 Å². The van der Waals surface area contributed by atoms with Crippen LogP contribution in [0.3, 0.4) is 0 Å². The van der Waals surface area contributed by atoms with Gasteiger partial charge in [-0.2, -0.15) is 0 Å². The molecule has 4 nitrogen and oxygen atoms in total. The van der Waals surface area contributed by atoms with Crippen LogP contribution in [-0.2, 0) is 0 Å². The first kappa shape index (κ1) is 20.5. The predicted molar refractivity (Wildman–Crippen MR) is 138 cm³/mol. The molecule has 0 bridgehead atoms. The Bertz CT molecular complexity index is 1300. The van der Waals surface area contributed by atoms with Gasteiger partial charge in [0.1, 0.15) is 22.7 Å². The molecule has 0 aliphatic heterocycles. The second-order valence-electron chi connectivity index (χ2n) is 6.86. The van der Waals surface area contributed by atoms with Gasteiger partial charge in [-0.05, 0) is 53.1 Å². The molecule has 5 rings (SSSR count). The normalized spacial score (nSPS) is 11.1. The standard InChI is InChI=1S/C24H18IN3OS2/c25-9-4-10-29-18-6-1-5-16(13-18)17-14-19-24(26-15-17)28-23(21-8-3-12-31-21)22(27-19)20-7-2-11-30-20/h1-3,5-8,11-15H,4,9-10H2. The van der Waals surface area contributed by atoms with Gasteiger partial charge in [0, 0.05) is 16.2 Å². The van der Waals surface area contributed by atoms with E-state index in [0.29, 0.717) is 5.65 Å².